The highest BCUT2D eigenvalue weighted by molar-refractivity contribution is 7.92. The molecule has 0 fully saturated rings. The number of aryl methyl sites for hydroxylation is 1. The second-order valence-corrected chi connectivity index (χ2v) is 9.78. The molecule has 28 heavy (non-hydrogen) atoms. The Bertz CT molecular complexity index is 1030. The number of para-hydroxylation sites is 1. The van der Waals surface area contributed by atoms with Crippen molar-refractivity contribution in [3.8, 4) is 0 Å². The molecule has 0 aliphatic heterocycles. The Kier molecular flexibility index (Phi) is 7.17. The molecule has 0 heterocycles. The average molecular weight is 426 g/mol. The third-order valence-electron chi connectivity index (χ3n) is 3.93. The van der Waals surface area contributed by atoms with E-state index in [2.05, 4.69) is 14.8 Å². The number of anilines is 1. The molecule has 0 spiro atoms. The van der Waals surface area contributed by atoms with Gasteiger partial charge in [0, 0.05) is 18.7 Å². The predicted octanol–water partition coefficient (Wildman–Crippen LogP) is 1.46. The van der Waals surface area contributed by atoms with Crippen LogP contribution in [-0.2, 0) is 20.0 Å². The minimum Gasteiger partial charge on any atom is -0.351 e. The third-order valence-corrected chi connectivity index (χ3v) is 6.71. The van der Waals surface area contributed by atoms with E-state index in [1.807, 2.05) is 6.07 Å². The van der Waals surface area contributed by atoms with Gasteiger partial charge >= 0.3 is 0 Å². The van der Waals surface area contributed by atoms with E-state index in [1.165, 1.54) is 31.2 Å². The maximum atomic E-state index is 12.5. The Morgan fingerprint density at radius 3 is 2.18 bits per heavy atom. The largest absolute Gasteiger partial charge is 0.351 e. The van der Waals surface area contributed by atoms with Gasteiger partial charge in [-0.05, 0) is 49.7 Å². The van der Waals surface area contributed by atoms with Crippen LogP contribution in [0.4, 0.5) is 5.69 Å². The molecular formula is C18H23N3O5S2. The Balaban J connectivity index is 1.98. The zero-order chi connectivity index (χ0) is 20.8. The summed E-state index contributed by atoms with van der Waals surface area (Å²) in [7, 11) is -7.08. The van der Waals surface area contributed by atoms with E-state index in [0.717, 1.165) is 5.56 Å². The zero-order valence-corrected chi connectivity index (χ0v) is 17.2. The number of amides is 1. The lowest BCUT2D eigenvalue weighted by Crippen LogP contribution is -2.35. The van der Waals surface area contributed by atoms with Gasteiger partial charge in [-0.2, -0.15) is 0 Å². The van der Waals surface area contributed by atoms with Crippen molar-refractivity contribution in [1.82, 2.24) is 10.0 Å². The highest BCUT2D eigenvalue weighted by Gasteiger charge is 2.16. The number of carbonyl (C=O) groups excluding carboxylic acids is 1. The Morgan fingerprint density at radius 1 is 0.929 bits per heavy atom. The molecule has 3 N–H and O–H groups in total. The molecule has 0 unspecified atom stereocenters. The van der Waals surface area contributed by atoms with Gasteiger partial charge < -0.3 is 5.32 Å². The quantitative estimate of drug-likeness (QED) is 0.525. The molecule has 0 atom stereocenters. The SMILES string of the molecule is CCS(=O)(=O)NCCNC(=O)c1ccc(S(=O)(=O)Nc2ccccc2C)cc1. The van der Waals surface area contributed by atoms with Crippen molar-refractivity contribution in [3.63, 3.8) is 0 Å². The minimum atomic E-state index is -3.78. The highest BCUT2D eigenvalue weighted by Crippen LogP contribution is 2.19. The lowest BCUT2D eigenvalue weighted by atomic mass is 10.2. The van der Waals surface area contributed by atoms with Crippen LogP contribution >= 0.6 is 0 Å². The molecule has 2 aromatic carbocycles. The van der Waals surface area contributed by atoms with Crippen LogP contribution in [0.2, 0.25) is 0 Å². The molecule has 0 aliphatic rings. The van der Waals surface area contributed by atoms with Crippen LogP contribution in [-0.4, -0.2) is 41.6 Å². The summed E-state index contributed by atoms with van der Waals surface area (Å²) in [4.78, 5) is 12.1. The standard InChI is InChI=1S/C18H23N3O5S2/c1-3-27(23,24)20-13-12-19-18(22)15-8-10-16(11-9-15)28(25,26)21-17-7-5-4-6-14(17)2/h4-11,20-21H,3,12-13H2,1-2H3,(H,19,22). The van der Waals surface area contributed by atoms with Crippen LogP contribution in [0.1, 0.15) is 22.8 Å². The summed E-state index contributed by atoms with van der Waals surface area (Å²) in [5, 5.41) is 2.57. The smallest absolute Gasteiger partial charge is 0.261 e. The molecule has 0 saturated heterocycles. The van der Waals surface area contributed by atoms with Crippen molar-refractivity contribution in [2.24, 2.45) is 0 Å². The number of rotatable bonds is 9. The number of benzene rings is 2. The first kappa shape index (κ1) is 21.9. The van der Waals surface area contributed by atoms with E-state index in [4.69, 9.17) is 0 Å². The van der Waals surface area contributed by atoms with Crippen molar-refractivity contribution in [1.29, 1.82) is 0 Å². The van der Waals surface area contributed by atoms with Crippen LogP contribution < -0.4 is 14.8 Å². The lowest BCUT2D eigenvalue weighted by Gasteiger charge is -2.11. The maximum absolute atomic E-state index is 12.5. The number of hydrogen-bond acceptors (Lipinski definition) is 5. The van der Waals surface area contributed by atoms with Gasteiger partial charge in [0.05, 0.1) is 16.3 Å². The summed E-state index contributed by atoms with van der Waals surface area (Å²) in [6.07, 6.45) is 0. The molecule has 0 aromatic heterocycles. The maximum Gasteiger partial charge on any atom is 0.261 e. The van der Waals surface area contributed by atoms with Gasteiger partial charge in [-0.25, -0.2) is 21.6 Å². The summed E-state index contributed by atoms with van der Waals surface area (Å²) in [6.45, 7) is 3.51. The molecule has 8 nitrogen and oxygen atoms in total. The van der Waals surface area contributed by atoms with Crippen LogP contribution in [0.25, 0.3) is 0 Å². The van der Waals surface area contributed by atoms with Gasteiger partial charge in [0.2, 0.25) is 10.0 Å². The summed E-state index contributed by atoms with van der Waals surface area (Å²) in [6, 6.07) is 12.5. The van der Waals surface area contributed by atoms with Crippen LogP contribution in [0.3, 0.4) is 0 Å². The Morgan fingerprint density at radius 2 is 1.57 bits per heavy atom. The van der Waals surface area contributed by atoms with E-state index >= 15 is 0 Å². The summed E-state index contributed by atoms with van der Waals surface area (Å²) in [5.41, 5.74) is 1.55. The van der Waals surface area contributed by atoms with Crippen molar-refractivity contribution >= 4 is 31.6 Å². The molecule has 0 radical (unpaired) electrons. The number of hydrogen-bond donors (Lipinski definition) is 3. The third kappa shape index (κ3) is 6.04. The zero-order valence-electron chi connectivity index (χ0n) is 15.6. The first-order chi connectivity index (χ1) is 13.1. The van der Waals surface area contributed by atoms with Crippen LogP contribution in [0.15, 0.2) is 53.4 Å². The van der Waals surface area contributed by atoms with Crippen molar-refractivity contribution in [2.45, 2.75) is 18.7 Å². The first-order valence-electron chi connectivity index (χ1n) is 8.58. The topological polar surface area (TPSA) is 121 Å². The van der Waals surface area contributed by atoms with Crippen LogP contribution in [0, 0.1) is 6.92 Å². The Hall–Kier alpha value is -2.43. The van der Waals surface area contributed by atoms with Gasteiger partial charge in [0.1, 0.15) is 0 Å². The monoisotopic (exact) mass is 425 g/mol. The van der Waals surface area contributed by atoms with Gasteiger partial charge in [-0.15, -0.1) is 0 Å². The fourth-order valence-corrected chi connectivity index (χ4v) is 4.01. The lowest BCUT2D eigenvalue weighted by molar-refractivity contribution is 0.0954. The second kappa shape index (κ2) is 9.18. The van der Waals surface area contributed by atoms with E-state index in [1.54, 1.807) is 25.1 Å². The van der Waals surface area contributed by atoms with Gasteiger partial charge in [0.25, 0.3) is 15.9 Å². The molecule has 0 aliphatic carbocycles. The molecular weight excluding hydrogens is 402 g/mol. The molecule has 0 bridgehead atoms. The van der Waals surface area contributed by atoms with Gasteiger partial charge in [-0.1, -0.05) is 18.2 Å². The van der Waals surface area contributed by atoms with Gasteiger partial charge in [0.15, 0.2) is 0 Å². The Labute approximate surface area is 165 Å². The normalized spacial score (nSPS) is 11.8. The second-order valence-electron chi connectivity index (χ2n) is 6.00. The number of nitrogens with one attached hydrogen (secondary N) is 3. The molecule has 10 heteroatoms. The molecule has 152 valence electrons. The van der Waals surface area contributed by atoms with E-state index in [-0.39, 0.29) is 29.3 Å². The minimum absolute atomic E-state index is 0.0306. The highest BCUT2D eigenvalue weighted by atomic mass is 32.2. The molecule has 2 rings (SSSR count). The fourth-order valence-electron chi connectivity index (χ4n) is 2.26. The summed E-state index contributed by atoms with van der Waals surface area (Å²) >= 11 is 0. The molecule has 1 amide bonds. The number of carbonyl (C=O) groups is 1. The van der Waals surface area contributed by atoms with Gasteiger partial charge in [-0.3, -0.25) is 9.52 Å². The number of sulfonamides is 2. The predicted molar refractivity (Wildman–Crippen MR) is 108 cm³/mol. The summed E-state index contributed by atoms with van der Waals surface area (Å²) < 4.78 is 52.5. The van der Waals surface area contributed by atoms with Crippen molar-refractivity contribution in [2.75, 3.05) is 23.6 Å². The molecule has 2 aromatic rings. The fraction of sp³-hybridized carbons (Fsp3) is 0.278. The summed E-state index contributed by atoms with van der Waals surface area (Å²) in [5.74, 6) is -0.459. The van der Waals surface area contributed by atoms with Crippen molar-refractivity contribution in [3.05, 3.63) is 59.7 Å². The van der Waals surface area contributed by atoms with E-state index in [0.29, 0.717) is 5.69 Å². The first-order valence-corrected chi connectivity index (χ1v) is 11.7. The van der Waals surface area contributed by atoms with Crippen molar-refractivity contribution < 1.29 is 21.6 Å². The van der Waals surface area contributed by atoms with Crippen LogP contribution in [0.5, 0.6) is 0 Å². The average Bonchev–Trinajstić information content (AvgIpc) is 2.67. The van der Waals surface area contributed by atoms with E-state index in [9.17, 15) is 21.6 Å². The molecule has 0 saturated carbocycles. The van der Waals surface area contributed by atoms with E-state index < -0.39 is 26.0 Å².